The lowest BCUT2D eigenvalue weighted by atomic mass is 10.2. The Labute approximate surface area is 82.2 Å². The van der Waals surface area contributed by atoms with E-state index in [2.05, 4.69) is 24.9 Å². The average molecular weight is 192 g/mol. The Morgan fingerprint density at radius 3 is 2.92 bits per heavy atom. The maximum absolute atomic E-state index is 5.80. The summed E-state index contributed by atoms with van der Waals surface area (Å²) < 4.78 is 0.0841. The number of para-hydroxylation sites is 1. The number of hydrogen-bond donors (Lipinski definition) is 1. The standard InChI is InChI=1S/C10H12N2S/c1-10(2)6-12-9-7(11)4-3-5-8(9)13-10/h3-6H,11H2,1-2H3. The van der Waals surface area contributed by atoms with Crippen LogP contribution in [-0.2, 0) is 0 Å². The van der Waals surface area contributed by atoms with Crippen LogP contribution in [0.1, 0.15) is 13.8 Å². The van der Waals surface area contributed by atoms with E-state index in [-0.39, 0.29) is 4.75 Å². The van der Waals surface area contributed by atoms with Crippen molar-refractivity contribution in [2.45, 2.75) is 23.5 Å². The average Bonchev–Trinajstić information content (AvgIpc) is 2.02. The summed E-state index contributed by atoms with van der Waals surface area (Å²) in [6.07, 6.45) is 1.95. The lowest BCUT2D eigenvalue weighted by Crippen LogP contribution is -2.18. The van der Waals surface area contributed by atoms with Gasteiger partial charge in [-0.25, -0.2) is 0 Å². The summed E-state index contributed by atoms with van der Waals surface area (Å²) in [7, 11) is 0. The minimum Gasteiger partial charge on any atom is -0.397 e. The smallest absolute Gasteiger partial charge is 0.0991 e. The van der Waals surface area contributed by atoms with Gasteiger partial charge in [-0.3, -0.25) is 4.99 Å². The molecule has 2 nitrogen and oxygen atoms in total. The lowest BCUT2D eigenvalue weighted by Gasteiger charge is -2.24. The molecule has 0 spiro atoms. The number of hydrogen-bond acceptors (Lipinski definition) is 3. The van der Waals surface area contributed by atoms with Crippen molar-refractivity contribution in [1.29, 1.82) is 0 Å². The zero-order valence-corrected chi connectivity index (χ0v) is 8.56. The second-order valence-corrected chi connectivity index (χ2v) is 5.35. The number of rotatable bonds is 0. The molecule has 2 N–H and O–H groups in total. The minimum absolute atomic E-state index is 0.0841. The van der Waals surface area contributed by atoms with Crippen LogP contribution in [0.2, 0.25) is 0 Å². The zero-order chi connectivity index (χ0) is 9.47. The Morgan fingerprint density at radius 1 is 1.38 bits per heavy atom. The molecule has 1 aromatic rings. The van der Waals surface area contributed by atoms with Crippen LogP contribution < -0.4 is 5.73 Å². The third kappa shape index (κ3) is 1.56. The highest BCUT2D eigenvalue weighted by atomic mass is 32.2. The molecule has 0 saturated carbocycles. The first-order valence-corrected chi connectivity index (χ1v) is 5.03. The second kappa shape index (κ2) is 2.77. The van der Waals surface area contributed by atoms with E-state index in [4.69, 9.17) is 5.73 Å². The Balaban J connectivity index is 2.53. The van der Waals surface area contributed by atoms with E-state index in [1.165, 1.54) is 4.90 Å². The molecule has 3 heteroatoms. The molecule has 1 aromatic carbocycles. The summed E-state index contributed by atoms with van der Waals surface area (Å²) >= 11 is 1.80. The van der Waals surface area contributed by atoms with Crippen molar-refractivity contribution in [3.8, 4) is 0 Å². The number of benzene rings is 1. The van der Waals surface area contributed by atoms with Gasteiger partial charge in [0.15, 0.2) is 0 Å². The lowest BCUT2D eigenvalue weighted by molar-refractivity contribution is 0.961. The number of fused-ring (bicyclic) bond motifs is 1. The largest absolute Gasteiger partial charge is 0.397 e. The van der Waals surface area contributed by atoms with Crippen LogP contribution in [0.5, 0.6) is 0 Å². The first kappa shape index (κ1) is 8.63. The van der Waals surface area contributed by atoms with E-state index in [1.54, 1.807) is 11.8 Å². The molecule has 1 heterocycles. The number of anilines is 1. The number of thioether (sulfide) groups is 1. The predicted octanol–water partition coefficient (Wildman–Crippen LogP) is 2.86. The van der Waals surface area contributed by atoms with Crippen LogP contribution >= 0.6 is 11.8 Å². The van der Waals surface area contributed by atoms with Crippen LogP contribution in [-0.4, -0.2) is 11.0 Å². The number of nitrogens with zero attached hydrogens (tertiary/aromatic N) is 1. The second-order valence-electron chi connectivity index (χ2n) is 3.66. The maximum atomic E-state index is 5.80. The summed E-state index contributed by atoms with van der Waals surface area (Å²) in [4.78, 5) is 5.55. The number of nitrogens with two attached hydrogens (primary N) is 1. The van der Waals surface area contributed by atoms with Gasteiger partial charge < -0.3 is 5.73 Å². The monoisotopic (exact) mass is 192 g/mol. The van der Waals surface area contributed by atoms with Crippen molar-refractivity contribution >= 4 is 29.4 Å². The third-order valence-corrected chi connectivity index (χ3v) is 3.09. The van der Waals surface area contributed by atoms with E-state index in [9.17, 15) is 0 Å². The molecule has 13 heavy (non-hydrogen) atoms. The topological polar surface area (TPSA) is 38.4 Å². The van der Waals surface area contributed by atoms with Crippen molar-refractivity contribution in [2.75, 3.05) is 5.73 Å². The van der Waals surface area contributed by atoms with Crippen LogP contribution in [0, 0.1) is 0 Å². The molecular formula is C10H12N2S. The Morgan fingerprint density at radius 2 is 2.15 bits per heavy atom. The third-order valence-electron chi connectivity index (χ3n) is 1.91. The fraction of sp³-hybridized carbons (Fsp3) is 0.300. The van der Waals surface area contributed by atoms with Gasteiger partial charge in [-0.1, -0.05) is 6.07 Å². The predicted molar refractivity (Wildman–Crippen MR) is 58.9 cm³/mol. The van der Waals surface area contributed by atoms with Crippen molar-refractivity contribution in [3.05, 3.63) is 18.2 Å². The van der Waals surface area contributed by atoms with Crippen molar-refractivity contribution in [1.82, 2.24) is 0 Å². The van der Waals surface area contributed by atoms with Crippen LogP contribution in [0.15, 0.2) is 28.1 Å². The molecule has 2 rings (SSSR count). The summed E-state index contributed by atoms with van der Waals surface area (Å²) in [5.74, 6) is 0. The molecule has 0 atom stereocenters. The van der Waals surface area contributed by atoms with Crippen molar-refractivity contribution in [2.24, 2.45) is 4.99 Å². The Kier molecular flexibility index (Phi) is 1.84. The SMILES string of the molecule is CC1(C)C=Nc2c(N)cccc2S1. The molecular weight excluding hydrogens is 180 g/mol. The maximum Gasteiger partial charge on any atom is 0.0991 e. The molecule has 0 amide bonds. The Hall–Kier alpha value is -0.960. The number of nitrogen functional groups attached to an aromatic ring is 1. The highest BCUT2D eigenvalue weighted by molar-refractivity contribution is 8.01. The van der Waals surface area contributed by atoms with Crippen molar-refractivity contribution < 1.29 is 0 Å². The molecule has 0 saturated heterocycles. The first-order valence-electron chi connectivity index (χ1n) is 4.21. The summed E-state index contributed by atoms with van der Waals surface area (Å²) in [6, 6.07) is 5.92. The fourth-order valence-electron chi connectivity index (χ4n) is 1.29. The normalized spacial score (nSPS) is 18.3. The molecule has 1 aliphatic heterocycles. The van der Waals surface area contributed by atoms with E-state index in [0.29, 0.717) is 0 Å². The summed E-state index contributed by atoms with van der Waals surface area (Å²) in [5, 5.41) is 0. The van der Waals surface area contributed by atoms with Gasteiger partial charge in [0.1, 0.15) is 0 Å². The fourth-order valence-corrected chi connectivity index (χ4v) is 2.38. The van der Waals surface area contributed by atoms with Gasteiger partial charge in [0.2, 0.25) is 0 Å². The van der Waals surface area contributed by atoms with Gasteiger partial charge in [-0.05, 0) is 26.0 Å². The molecule has 0 unspecified atom stereocenters. The quantitative estimate of drug-likeness (QED) is 0.642. The highest BCUT2D eigenvalue weighted by Crippen LogP contribution is 2.43. The van der Waals surface area contributed by atoms with Gasteiger partial charge in [0, 0.05) is 11.1 Å². The van der Waals surface area contributed by atoms with Gasteiger partial charge >= 0.3 is 0 Å². The van der Waals surface area contributed by atoms with Crippen molar-refractivity contribution in [3.63, 3.8) is 0 Å². The first-order chi connectivity index (χ1) is 6.08. The highest BCUT2D eigenvalue weighted by Gasteiger charge is 2.23. The van der Waals surface area contributed by atoms with E-state index in [0.717, 1.165) is 11.4 Å². The van der Waals surface area contributed by atoms with E-state index in [1.807, 2.05) is 18.3 Å². The van der Waals surface area contributed by atoms with Gasteiger partial charge in [0.25, 0.3) is 0 Å². The molecule has 68 valence electrons. The van der Waals surface area contributed by atoms with Gasteiger partial charge in [0.05, 0.1) is 16.1 Å². The Bertz CT molecular complexity index is 369. The van der Waals surface area contributed by atoms with Crippen LogP contribution in [0.4, 0.5) is 11.4 Å². The molecule has 1 aliphatic rings. The van der Waals surface area contributed by atoms with Gasteiger partial charge in [-0.15, -0.1) is 11.8 Å². The zero-order valence-electron chi connectivity index (χ0n) is 7.74. The molecule has 0 bridgehead atoms. The van der Waals surface area contributed by atoms with Gasteiger partial charge in [-0.2, -0.15) is 0 Å². The van der Waals surface area contributed by atoms with Crippen LogP contribution in [0.25, 0.3) is 0 Å². The minimum atomic E-state index is 0.0841. The van der Waals surface area contributed by atoms with Crippen LogP contribution in [0.3, 0.4) is 0 Å². The number of aliphatic imine (C=N–C) groups is 1. The van der Waals surface area contributed by atoms with E-state index >= 15 is 0 Å². The molecule has 0 aliphatic carbocycles. The molecule has 0 fully saturated rings. The summed E-state index contributed by atoms with van der Waals surface area (Å²) in [5.41, 5.74) is 7.49. The molecule has 0 aromatic heterocycles. The molecule has 0 radical (unpaired) electrons. The van der Waals surface area contributed by atoms with E-state index < -0.39 is 0 Å². The summed E-state index contributed by atoms with van der Waals surface area (Å²) in [6.45, 7) is 4.29.